The predicted octanol–water partition coefficient (Wildman–Crippen LogP) is 3.51. The molecule has 31 heavy (non-hydrogen) atoms. The molecule has 1 amide bonds. The van der Waals surface area contributed by atoms with Gasteiger partial charge in [-0.3, -0.25) is 9.59 Å². The van der Waals surface area contributed by atoms with Crippen LogP contribution in [0.15, 0.2) is 70.0 Å². The number of carbonyl (C=O) groups excluding carboxylic acids is 2. The monoisotopic (exact) mass is 417 g/mol. The van der Waals surface area contributed by atoms with E-state index in [1.54, 1.807) is 49.4 Å². The number of hydrogen-bond donors (Lipinski definition) is 1. The summed E-state index contributed by atoms with van der Waals surface area (Å²) in [6.07, 6.45) is 0. The van der Waals surface area contributed by atoms with Crippen LogP contribution in [0.5, 0.6) is 0 Å². The number of hydrogen-bond acceptors (Lipinski definition) is 6. The molecule has 0 atom stereocenters. The molecule has 0 bridgehead atoms. The highest BCUT2D eigenvalue weighted by molar-refractivity contribution is 6.08. The maximum atomic E-state index is 12.7. The zero-order valence-corrected chi connectivity index (χ0v) is 16.9. The highest BCUT2D eigenvalue weighted by Crippen LogP contribution is 2.19. The van der Waals surface area contributed by atoms with Crippen molar-refractivity contribution in [2.75, 3.05) is 5.32 Å². The fourth-order valence-corrected chi connectivity index (χ4v) is 3.15. The lowest BCUT2D eigenvalue weighted by atomic mass is 10.1. The maximum Gasteiger partial charge on any atom is 0.340 e. The third-order valence-corrected chi connectivity index (χ3v) is 4.66. The zero-order chi connectivity index (χ0) is 22.0. The van der Waals surface area contributed by atoms with Gasteiger partial charge in [0.1, 0.15) is 12.4 Å². The molecule has 0 aliphatic rings. The molecule has 0 aliphatic carbocycles. The minimum atomic E-state index is -0.647. The SMILES string of the molecule is Cc1cc2nc(COC(=O)c3ccccc3NC(=O)c3ccccc3C)cc(=O)n2o1. The second-order valence-electron chi connectivity index (χ2n) is 6.98. The van der Waals surface area contributed by atoms with Gasteiger partial charge >= 0.3 is 5.97 Å². The Kier molecular flexibility index (Phi) is 5.36. The molecule has 4 rings (SSSR count). The lowest BCUT2D eigenvalue weighted by molar-refractivity contribution is 0.0469. The topological polar surface area (TPSA) is 103 Å². The fourth-order valence-electron chi connectivity index (χ4n) is 3.15. The minimum absolute atomic E-state index is 0.196. The minimum Gasteiger partial charge on any atom is -0.456 e. The molecule has 8 heteroatoms. The number of para-hydroxylation sites is 1. The van der Waals surface area contributed by atoms with E-state index < -0.39 is 11.5 Å². The third-order valence-electron chi connectivity index (χ3n) is 4.66. The fraction of sp³-hybridized carbons (Fsp3) is 0.130. The number of nitrogens with zero attached hydrogens (tertiary/aromatic N) is 2. The Labute approximate surface area is 177 Å². The van der Waals surface area contributed by atoms with Crippen LogP contribution in [0.2, 0.25) is 0 Å². The van der Waals surface area contributed by atoms with Crippen LogP contribution in [0, 0.1) is 13.8 Å². The Balaban J connectivity index is 1.51. The van der Waals surface area contributed by atoms with Crippen LogP contribution in [0.4, 0.5) is 5.69 Å². The van der Waals surface area contributed by atoms with Crippen molar-refractivity contribution in [3.63, 3.8) is 0 Å². The number of nitrogens with one attached hydrogen (secondary N) is 1. The van der Waals surface area contributed by atoms with Gasteiger partial charge in [0.05, 0.1) is 16.9 Å². The first-order valence-electron chi connectivity index (χ1n) is 9.55. The molecule has 2 aromatic carbocycles. The quantitative estimate of drug-likeness (QED) is 0.499. The van der Waals surface area contributed by atoms with Gasteiger partial charge in [0, 0.05) is 17.7 Å². The lowest BCUT2D eigenvalue weighted by Crippen LogP contribution is -2.17. The summed E-state index contributed by atoms with van der Waals surface area (Å²) in [5, 5.41) is 2.76. The van der Waals surface area contributed by atoms with Crippen LogP contribution in [-0.4, -0.2) is 21.4 Å². The van der Waals surface area contributed by atoms with Gasteiger partial charge in [-0.15, -0.1) is 4.57 Å². The van der Waals surface area contributed by atoms with E-state index in [0.29, 0.717) is 28.4 Å². The average molecular weight is 417 g/mol. The molecule has 0 unspecified atom stereocenters. The Morgan fingerprint density at radius 3 is 2.52 bits per heavy atom. The zero-order valence-electron chi connectivity index (χ0n) is 16.9. The first-order chi connectivity index (χ1) is 14.9. The van der Waals surface area contributed by atoms with Crippen LogP contribution < -0.4 is 10.9 Å². The molecule has 0 radical (unpaired) electrons. The number of anilines is 1. The van der Waals surface area contributed by atoms with Crippen molar-refractivity contribution in [1.82, 2.24) is 9.56 Å². The van der Waals surface area contributed by atoms with Crippen molar-refractivity contribution in [2.24, 2.45) is 0 Å². The van der Waals surface area contributed by atoms with Crippen LogP contribution in [0.1, 0.15) is 37.7 Å². The summed E-state index contributed by atoms with van der Waals surface area (Å²) in [6, 6.07) is 16.6. The highest BCUT2D eigenvalue weighted by atomic mass is 16.5. The number of amides is 1. The third kappa shape index (κ3) is 4.23. The van der Waals surface area contributed by atoms with Crippen molar-refractivity contribution in [3.05, 3.63) is 99.2 Å². The van der Waals surface area contributed by atoms with Gasteiger partial charge in [0.2, 0.25) is 0 Å². The normalized spacial score (nSPS) is 10.8. The van der Waals surface area contributed by atoms with Gasteiger partial charge < -0.3 is 14.6 Å². The van der Waals surface area contributed by atoms with Gasteiger partial charge in [-0.25, -0.2) is 9.78 Å². The Hall–Kier alpha value is -4.20. The smallest absolute Gasteiger partial charge is 0.340 e. The van der Waals surface area contributed by atoms with E-state index in [1.165, 1.54) is 6.07 Å². The number of esters is 1. The second-order valence-corrected chi connectivity index (χ2v) is 6.98. The summed E-state index contributed by atoms with van der Waals surface area (Å²) in [6.45, 7) is 3.34. The maximum absolute atomic E-state index is 12.7. The van der Waals surface area contributed by atoms with Gasteiger partial charge in [0.25, 0.3) is 11.5 Å². The largest absolute Gasteiger partial charge is 0.456 e. The van der Waals surface area contributed by atoms with E-state index in [0.717, 1.165) is 10.1 Å². The molecule has 0 aliphatic heterocycles. The van der Waals surface area contributed by atoms with E-state index in [9.17, 15) is 14.4 Å². The number of carbonyl (C=O) groups is 2. The molecule has 1 N–H and O–H groups in total. The first-order valence-corrected chi connectivity index (χ1v) is 9.55. The van der Waals surface area contributed by atoms with Gasteiger partial charge in [-0.2, -0.15) is 0 Å². The summed E-state index contributed by atoms with van der Waals surface area (Å²) >= 11 is 0. The Morgan fingerprint density at radius 1 is 1.03 bits per heavy atom. The number of rotatable bonds is 5. The van der Waals surface area contributed by atoms with Crippen LogP contribution in [-0.2, 0) is 11.3 Å². The summed E-state index contributed by atoms with van der Waals surface area (Å²) in [4.78, 5) is 41.7. The molecular formula is C23H19N3O5. The predicted molar refractivity (Wildman–Crippen MR) is 113 cm³/mol. The van der Waals surface area contributed by atoms with E-state index in [4.69, 9.17) is 9.26 Å². The summed E-state index contributed by atoms with van der Waals surface area (Å²) < 4.78 is 11.7. The van der Waals surface area contributed by atoms with E-state index in [-0.39, 0.29) is 18.1 Å². The van der Waals surface area contributed by atoms with Crippen molar-refractivity contribution < 1.29 is 18.8 Å². The molecule has 0 fully saturated rings. The van der Waals surface area contributed by atoms with Gasteiger partial charge in [0.15, 0.2) is 5.65 Å². The van der Waals surface area contributed by atoms with Gasteiger partial charge in [-0.05, 0) is 37.6 Å². The number of ether oxygens (including phenoxy) is 1. The van der Waals surface area contributed by atoms with Crippen molar-refractivity contribution >= 4 is 23.2 Å². The Bertz CT molecular complexity index is 1350. The van der Waals surface area contributed by atoms with Crippen molar-refractivity contribution in [2.45, 2.75) is 20.5 Å². The average Bonchev–Trinajstić information content (AvgIpc) is 3.13. The van der Waals surface area contributed by atoms with E-state index >= 15 is 0 Å². The number of benzene rings is 2. The number of fused-ring (bicyclic) bond motifs is 1. The van der Waals surface area contributed by atoms with Gasteiger partial charge in [-0.1, -0.05) is 30.3 Å². The second kappa shape index (κ2) is 8.27. The molecule has 2 aromatic heterocycles. The molecule has 0 saturated heterocycles. The molecule has 8 nitrogen and oxygen atoms in total. The van der Waals surface area contributed by atoms with Crippen LogP contribution >= 0.6 is 0 Å². The number of aryl methyl sites for hydroxylation is 2. The Morgan fingerprint density at radius 2 is 1.74 bits per heavy atom. The highest BCUT2D eigenvalue weighted by Gasteiger charge is 2.17. The van der Waals surface area contributed by atoms with Crippen LogP contribution in [0.25, 0.3) is 5.65 Å². The molecule has 156 valence electrons. The van der Waals surface area contributed by atoms with E-state index in [2.05, 4.69) is 10.3 Å². The first kappa shape index (κ1) is 20.1. The molecule has 0 spiro atoms. The molecule has 2 heterocycles. The number of aromatic nitrogens is 2. The van der Waals surface area contributed by atoms with Crippen molar-refractivity contribution in [3.8, 4) is 0 Å². The summed E-state index contributed by atoms with van der Waals surface area (Å²) in [7, 11) is 0. The standard InChI is InChI=1S/C23H19N3O5/c1-14-7-3-4-8-17(14)22(28)25-19-10-6-5-9-18(19)23(29)30-13-16-12-21(27)26-20(24-16)11-15(2)31-26/h3-12H,13H2,1-2H3,(H,25,28). The summed E-state index contributed by atoms with van der Waals surface area (Å²) in [5.41, 5.74) is 2.08. The van der Waals surface area contributed by atoms with Crippen molar-refractivity contribution in [1.29, 1.82) is 0 Å². The molecular weight excluding hydrogens is 398 g/mol. The summed E-state index contributed by atoms with van der Waals surface area (Å²) in [5.74, 6) is -0.433. The van der Waals surface area contributed by atoms with Crippen LogP contribution in [0.3, 0.4) is 0 Å². The van der Waals surface area contributed by atoms with E-state index in [1.807, 2.05) is 19.1 Å². The molecule has 4 aromatic rings. The molecule has 0 saturated carbocycles. The lowest BCUT2D eigenvalue weighted by Gasteiger charge is -2.12.